The van der Waals surface area contributed by atoms with E-state index in [1.165, 1.54) is 12.8 Å². The number of unbranched alkanes of at least 4 members (excludes halogenated alkanes) is 6. The largest absolute Gasteiger partial charge is 0.456 e. The molecule has 0 radical (unpaired) electrons. The summed E-state index contributed by atoms with van der Waals surface area (Å²) in [5.74, 6) is -0.198. The number of carbonyl (C=O) groups excluding carboxylic acids is 2. The van der Waals surface area contributed by atoms with Gasteiger partial charge in [0.05, 0.1) is 6.42 Å². The van der Waals surface area contributed by atoms with E-state index in [0.717, 1.165) is 38.4 Å². The van der Waals surface area contributed by atoms with E-state index < -0.39 is 5.60 Å². The second kappa shape index (κ2) is 7.55. The Bertz CT molecular complexity index is 397. The fourth-order valence-corrected chi connectivity index (χ4v) is 3.53. The van der Waals surface area contributed by atoms with E-state index in [4.69, 9.17) is 14.5 Å². The average Bonchev–Trinajstić information content (AvgIpc) is 2.74. The van der Waals surface area contributed by atoms with Gasteiger partial charge in [-0.3, -0.25) is 4.79 Å². The average molecular weight is 312 g/mol. The second-order valence-corrected chi connectivity index (χ2v) is 7.11. The molecule has 126 valence electrons. The Morgan fingerprint density at radius 2 is 1.82 bits per heavy atom. The third kappa shape index (κ3) is 4.53. The van der Waals surface area contributed by atoms with Gasteiger partial charge in [0.1, 0.15) is 23.6 Å². The van der Waals surface area contributed by atoms with Crippen molar-refractivity contribution >= 4 is 12.3 Å². The maximum atomic E-state index is 11.5. The second-order valence-electron chi connectivity index (χ2n) is 7.11. The van der Waals surface area contributed by atoms with Gasteiger partial charge in [-0.2, -0.15) is 0 Å². The molecule has 0 aromatic heterocycles. The van der Waals surface area contributed by atoms with E-state index in [1.807, 2.05) is 13.8 Å². The number of carbonyl (C=O) groups is 2. The van der Waals surface area contributed by atoms with Gasteiger partial charge in [-0.15, -0.1) is 0 Å². The van der Waals surface area contributed by atoms with Gasteiger partial charge in [-0.25, -0.2) is 9.78 Å². The first kappa shape index (κ1) is 17.4. The molecule has 2 saturated heterocycles. The van der Waals surface area contributed by atoms with Crippen LogP contribution in [-0.2, 0) is 24.1 Å². The van der Waals surface area contributed by atoms with Crippen LogP contribution in [-0.4, -0.2) is 29.6 Å². The molecule has 0 aliphatic carbocycles. The highest BCUT2D eigenvalue weighted by Crippen LogP contribution is 2.44. The van der Waals surface area contributed by atoms with Crippen molar-refractivity contribution in [1.29, 1.82) is 0 Å². The Morgan fingerprint density at radius 3 is 2.55 bits per heavy atom. The number of hydrogen-bond donors (Lipinski definition) is 0. The first-order chi connectivity index (χ1) is 10.5. The van der Waals surface area contributed by atoms with Crippen molar-refractivity contribution in [2.45, 2.75) is 95.4 Å². The third-order valence-corrected chi connectivity index (χ3v) is 4.75. The molecule has 0 aromatic carbocycles. The number of aldehydes is 1. The SMILES string of the molecule is C[C@]1(CCCCCCCCC=O)C[C@@]2(C)OC(=O)C[C@H]2OO1. The van der Waals surface area contributed by atoms with Crippen LogP contribution in [0.25, 0.3) is 0 Å². The maximum Gasteiger partial charge on any atom is 0.309 e. The predicted molar refractivity (Wildman–Crippen MR) is 81.1 cm³/mol. The Balaban J connectivity index is 1.65. The Kier molecular flexibility index (Phi) is 5.98. The molecule has 22 heavy (non-hydrogen) atoms. The van der Waals surface area contributed by atoms with Crippen molar-refractivity contribution < 1.29 is 24.1 Å². The van der Waals surface area contributed by atoms with Crippen LogP contribution in [0.2, 0.25) is 0 Å². The van der Waals surface area contributed by atoms with Crippen LogP contribution < -0.4 is 0 Å². The lowest BCUT2D eigenvalue weighted by Gasteiger charge is -2.43. The van der Waals surface area contributed by atoms with E-state index in [1.54, 1.807) is 0 Å². The van der Waals surface area contributed by atoms with Gasteiger partial charge in [-0.1, -0.05) is 32.1 Å². The summed E-state index contributed by atoms with van der Waals surface area (Å²) < 4.78 is 5.46. The summed E-state index contributed by atoms with van der Waals surface area (Å²) in [6, 6.07) is 0. The summed E-state index contributed by atoms with van der Waals surface area (Å²) in [5.41, 5.74) is -0.924. The molecule has 0 bridgehead atoms. The van der Waals surface area contributed by atoms with E-state index in [0.29, 0.717) is 12.8 Å². The summed E-state index contributed by atoms with van der Waals surface area (Å²) in [5, 5.41) is 0. The van der Waals surface area contributed by atoms with Gasteiger partial charge in [0.25, 0.3) is 0 Å². The molecule has 0 unspecified atom stereocenters. The number of esters is 1. The summed E-state index contributed by atoms with van der Waals surface area (Å²) in [6.07, 6.45) is 10.0. The molecule has 3 atom stereocenters. The predicted octanol–water partition coefficient (Wildman–Crippen LogP) is 3.49. The number of ether oxygens (including phenoxy) is 1. The highest BCUT2D eigenvalue weighted by Gasteiger charge is 2.55. The highest BCUT2D eigenvalue weighted by atomic mass is 17.2. The van der Waals surface area contributed by atoms with Gasteiger partial charge in [0, 0.05) is 12.8 Å². The Labute approximate surface area is 132 Å². The molecule has 5 heteroatoms. The molecular formula is C17H28O5. The van der Waals surface area contributed by atoms with E-state index in [-0.39, 0.29) is 24.1 Å². The molecule has 0 amide bonds. The lowest BCUT2D eigenvalue weighted by Crippen LogP contribution is -2.51. The number of rotatable bonds is 9. The molecule has 0 saturated carbocycles. The van der Waals surface area contributed by atoms with Crippen molar-refractivity contribution in [2.24, 2.45) is 0 Å². The van der Waals surface area contributed by atoms with Crippen molar-refractivity contribution in [2.75, 3.05) is 0 Å². The molecule has 0 N–H and O–H groups in total. The van der Waals surface area contributed by atoms with E-state index in [2.05, 4.69) is 0 Å². The molecule has 2 heterocycles. The highest BCUT2D eigenvalue weighted by molar-refractivity contribution is 5.73. The summed E-state index contributed by atoms with van der Waals surface area (Å²) >= 11 is 0. The van der Waals surface area contributed by atoms with Crippen LogP contribution in [0.4, 0.5) is 0 Å². The lowest BCUT2D eigenvalue weighted by atomic mass is 9.82. The number of fused-ring (bicyclic) bond motifs is 1. The zero-order valence-electron chi connectivity index (χ0n) is 13.8. The van der Waals surface area contributed by atoms with Crippen molar-refractivity contribution in [1.82, 2.24) is 0 Å². The number of hydrogen-bond acceptors (Lipinski definition) is 5. The summed E-state index contributed by atoms with van der Waals surface area (Å²) in [6.45, 7) is 3.97. The summed E-state index contributed by atoms with van der Waals surface area (Å²) in [4.78, 5) is 32.7. The van der Waals surface area contributed by atoms with Crippen molar-refractivity contribution in [3.05, 3.63) is 0 Å². The maximum absolute atomic E-state index is 11.5. The molecule has 2 rings (SSSR count). The zero-order chi connectivity index (χ0) is 16.1. The van der Waals surface area contributed by atoms with Crippen LogP contribution in [0, 0.1) is 0 Å². The van der Waals surface area contributed by atoms with Crippen molar-refractivity contribution in [3.8, 4) is 0 Å². The van der Waals surface area contributed by atoms with Crippen LogP contribution in [0.3, 0.4) is 0 Å². The Morgan fingerprint density at radius 1 is 1.14 bits per heavy atom. The monoisotopic (exact) mass is 312 g/mol. The molecular weight excluding hydrogens is 284 g/mol. The topological polar surface area (TPSA) is 61.8 Å². The minimum Gasteiger partial charge on any atom is -0.456 e. The standard InChI is InChI=1S/C17H28O5/c1-16(10-8-6-4-3-5-7-9-11-18)13-17(2)14(21-22-16)12-15(19)20-17/h11,14H,3-10,12-13H2,1-2H3/t14-,16+,17-/m1/s1. The van der Waals surface area contributed by atoms with Gasteiger partial charge >= 0.3 is 5.97 Å². The van der Waals surface area contributed by atoms with E-state index >= 15 is 0 Å². The van der Waals surface area contributed by atoms with Crippen LogP contribution >= 0.6 is 0 Å². The smallest absolute Gasteiger partial charge is 0.309 e. The van der Waals surface area contributed by atoms with Crippen molar-refractivity contribution in [3.63, 3.8) is 0 Å². The van der Waals surface area contributed by atoms with Crippen LogP contribution in [0.1, 0.15) is 78.1 Å². The molecule has 0 aromatic rings. The normalized spacial score (nSPS) is 34.3. The van der Waals surface area contributed by atoms with Crippen LogP contribution in [0.5, 0.6) is 0 Å². The first-order valence-corrected chi connectivity index (χ1v) is 8.47. The summed E-state index contributed by atoms with van der Waals surface area (Å²) in [7, 11) is 0. The molecule has 2 aliphatic rings. The minimum atomic E-state index is -0.543. The molecule has 2 aliphatic heterocycles. The fourth-order valence-electron chi connectivity index (χ4n) is 3.53. The zero-order valence-corrected chi connectivity index (χ0v) is 13.8. The molecule has 0 spiro atoms. The Hall–Kier alpha value is -0.940. The first-order valence-electron chi connectivity index (χ1n) is 8.47. The van der Waals surface area contributed by atoms with Gasteiger partial charge in [0.2, 0.25) is 0 Å². The third-order valence-electron chi connectivity index (χ3n) is 4.75. The fraction of sp³-hybridized carbons (Fsp3) is 0.882. The molecule has 5 nitrogen and oxygen atoms in total. The van der Waals surface area contributed by atoms with E-state index in [9.17, 15) is 9.59 Å². The molecule has 2 fully saturated rings. The van der Waals surface area contributed by atoms with Gasteiger partial charge in [0.15, 0.2) is 0 Å². The van der Waals surface area contributed by atoms with Gasteiger partial charge in [-0.05, 0) is 26.7 Å². The quantitative estimate of drug-likeness (QED) is 0.282. The van der Waals surface area contributed by atoms with Gasteiger partial charge < -0.3 is 9.53 Å². The van der Waals surface area contributed by atoms with Crippen LogP contribution in [0.15, 0.2) is 0 Å². The minimum absolute atomic E-state index is 0.198. The lowest BCUT2D eigenvalue weighted by molar-refractivity contribution is -0.428.